The molecule has 0 aromatic heterocycles. The van der Waals surface area contributed by atoms with Crippen LogP contribution in [-0.4, -0.2) is 20.9 Å². The van der Waals surface area contributed by atoms with Crippen molar-refractivity contribution in [1.82, 2.24) is 5.32 Å². The zero-order valence-electron chi connectivity index (χ0n) is 15.9. The molecule has 0 saturated heterocycles. The van der Waals surface area contributed by atoms with Crippen molar-refractivity contribution in [3.8, 4) is 0 Å². The minimum absolute atomic E-state index is 0.134. The van der Waals surface area contributed by atoms with Crippen LogP contribution in [0, 0.1) is 6.92 Å². The minimum atomic E-state index is -3.90. The second-order valence-electron chi connectivity index (χ2n) is 6.50. The average Bonchev–Trinajstić information content (AvgIpc) is 2.73. The highest BCUT2D eigenvalue weighted by Gasteiger charge is 2.27. The van der Waals surface area contributed by atoms with Crippen molar-refractivity contribution in [3.05, 3.63) is 94.5 Å². The standard InChI is InChI=1S/C22H21BrN2O3S/c1-17-7-5-6-8-18(17)15-24-22(26)16-25(20-13-11-19(23)12-14-20)29(27,28)21-9-3-2-4-10-21/h2-14H,15-16H2,1H3,(H,24,26). The Bertz CT molecular complexity index is 1080. The van der Waals surface area contributed by atoms with E-state index in [4.69, 9.17) is 0 Å². The normalized spacial score (nSPS) is 11.1. The molecule has 0 spiro atoms. The number of hydrogen-bond donors (Lipinski definition) is 1. The van der Waals surface area contributed by atoms with E-state index >= 15 is 0 Å². The van der Waals surface area contributed by atoms with Crippen LogP contribution in [0.4, 0.5) is 5.69 Å². The van der Waals surface area contributed by atoms with Crippen LogP contribution in [0.15, 0.2) is 88.2 Å². The zero-order valence-corrected chi connectivity index (χ0v) is 18.3. The van der Waals surface area contributed by atoms with Crippen LogP contribution < -0.4 is 9.62 Å². The number of anilines is 1. The van der Waals surface area contributed by atoms with Gasteiger partial charge in [-0.25, -0.2) is 8.42 Å². The van der Waals surface area contributed by atoms with Crippen molar-refractivity contribution >= 4 is 37.5 Å². The molecule has 1 amide bonds. The Hall–Kier alpha value is -2.64. The molecule has 0 fully saturated rings. The van der Waals surface area contributed by atoms with E-state index in [2.05, 4.69) is 21.2 Å². The fraction of sp³-hybridized carbons (Fsp3) is 0.136. The second-order valence-corrected chi connectivity index (χ2v) is 9.28. The lowest BCUT2D eigenvalue weighted by molar-refractivity contribution is -0.119. The number of benzene rings is 3. The number of amides is 1. The Balaban J connectivity index is 1.84. The maximum atomic E-state index is 13.2. The largest absolute Gasteiger partial charge is 0.350 e. The number of aryl methyl sites for hydroxylation is 1. The van der Waals surface area contributed by atoms with Crippen molar-refractivity contribution in [3.63, 3.8) is 0 Å². The lowest BCUT2D eigenvalue weighted by Gasteiger charge is -2.24. The molecule has 3 rings (SSSR count). The number of sulfonamides is 1. The minimum Gasteiger partial charge on any atom is -0.350 e. The predicted octanol–water partition coefficient (Wildman–Crippen LogP) is 4.27. The van der Waals surface area contributed by atoms with Crippen molar-refractivity contribution < 1.29 is 13.2 Å². The summed E-state index contributed by atoms with van der Waals surface area (Å²) in [6, 6.07) is 22.7. The molecule has 0 aliphatic heterocycles. The summed E-state index contributed by atoms with van der Waals surface area (Å²) in [6.45, 7) is 1.99. The molecule has 5 nitrogen and oxygen atoms in total. The molecule has 0 bridgehead atoms. The smallest absolute Gasteiger partial charge is 0.264 e. The molecule has 0 heterocycles. The van der Waals surface area contributed by atoms with Crippen molar-refractivity contribution in [2.75, 3.05) is 10.8 Å². The quantitative estimate of drug-likeness (QED) is 0.558. The van der Waals surface area contributed by atoms with Gasteiger partial charge in [0.25, 0.3) is 10.0 Å². The van der Waals surface area contributed by atoms with Crippen LogP contribution in [-0.2, 0) is 21.4 Å². The van der Waals surface area contributed by atoms with E-state index in [-0.39, 0.29) is 17.3 Å². The third-order valence-electron chi connectivity index (χ3n) is 4.47. The monoisotopic (exact) mass is 472 g/mol. The summed E-state index contributed by atoms with van der Waals surface area (Å²) in [5, 5.41) is 2.82. The fourth-order valence-corrected chi connectivity index (χ4v) is 4.54. The third-order valence-corrected chi connectivity index (χ3v) is 6.79. The van der Waals surface area contributed by atoms with Gasteiger partial charge in [-0.3, -0.25) is 9.10 Å². The van der Waals surface area contributed by atoms with E-state index < -0.39 is 10.0 Å². The number of halogens is 1. The summed E-state index contributed by atoms with van der Waals surface area (Å²) in [6.07, 6.45) is 0. The van der Waals surface area contributed by atoms with Crippen LogP contribution in [0.25, 0.3) is 0 Å². The number of carbonyl (C=O) groups is 1. The molecule has 7 heteroatoms. The van der Waals surface area contributed by atoms with Gasteiger partial charge in [0.15, 0.2) is 0 Å². The maximum Gasteiger partial charge on any atom is 0.264 e. The van der Waals surface area contributed by atoms with E-state index in [9.17, 15) is 13.2 Å². The molecule has 0 radical (unpaired) electrons. The number of nitrogens with one attached hydrogen (secondary N) is 1. The average molecular weight is 473 g/mol. The summed E-state index contributed by atoms with van der Waals surface area (Å²) in [4.78, 5) is 12.8. The predicted molar refractivity (Wildman–Crippen MR) is 118 cm³/mol. The molecule has 150 valence electrons. The van der Waals surface area contributed by atoms with Gasteiger partial charge in [-0.1, -0.05) is 58.4 Å². The van der Waals surface area contributed by atoms with E-state index in [0.29, 0.717) is 12.2 Å². The maximum absolute atomic E-state index is 13.2. The van der Waals surface area contributed by atoms with Crippen LogP contribution in [0.2, 0.25) is 0 Å². The SMILES string of the molecule is Cc1ccccc1CNC(=O)CN(c1ccc(Br)cc1)S(=O)(=O)c1ccccc1. The lowest BCUT2D eigenvalue weighted by atomic mass is 10.1. The molecule has 0 atom stereocenters. The molecular formula is C22H21BrN2O3S. The molecule has 0 aliphatic carbocycles. The zero-order chi connectivity index (χ0) is 20.9. The van der Waals surface area contributed by atoms with Gasteiger partial charge in [-0.15, -0.1) is 0 Å². The van der Waals surface area contributed by atoms with E-state index in [1.165, 1.54) is 12.1 Å². The first-order chi connectivity index (χ1) is 13.9. The Kier molecular flexibility index (Phi) is 6.71. The summed E-state index contributed by atoms with van der Waals surface area (Å²) >= 11 is 3.35. The Morgan fingerprint density at radius 1 is 0.931 bits per heavy atom. The Labute approximate surface area is 179 Å². The summed E-state index contributed by atoms with van der Waals surface area (Å²) in [5.74, 6) is -0.379. The number of hydrogen-bond acceptors (Lipinski definition) is 3. The van der Waals surface area contributed by atoms with Crippen LogP contribution in [0.1, 0.15) is 11.1 Å². The van der Waals surface area contributed by atoms with Gasteiger partial charge in [0.1, 0.15) is 6.54 Å². The van der Waals surface area contributed by atoms with Crippen LogP contribution in [0.3, 0.4) is 0 Å². The van der Waals surface area contributed by atoms with Crippen molar-refractivity contribution in [2.24, 2.45) is 0 Å². The topological polar surface area (TPSA) is 66.5 Å². The molecule has 29 heavy (non-hydrogen) atoms. The second kappa shape index (κ2) is 9.24. The highest BCUT2D eigenvalue weighted by Crippen LogP contribution is 2.25. The number of rotatable bonds is 7. The molecule has 3 aromatic carbocycles. The molecule has 1 N–H and O–H groups in total. The highest BCUT2D eigenvalue weighted by atomic mass is 79.9. The van der Waals surface area contributed by atoms with E-state index in [0.717, 1.165) is 19.9 Å². The molecule has 3 aromatic rings. The van der Waals surface area contributed by atoms with Gasteiger partial charge in [0.2, 0.25) is 5.91 Å². The lowest BCUT2D eigenvalue weighted by Crippen LogP contribution is -2.40. The summed E-state index contributed by atoms with van der Waals surface area (Å²) in [5.41, 5.74) is 2.47. The van der Waals surface area contributed by atoms with Crippen LogP contribution in [0.5, 0.6) is 0 Å². The van der Waals surface area contributed by atoms with Gasteiger partial charge in [0.05, 0.1) is 10.6 Å². The number of carbonyl (C=O) groups excluding carboxylic acids is 1. The van der Waals surface area contributed by atoms with Gasteiger partial charge in [-0.05, 0) is 54.4 Å². The third kappa shape index (κ3) is 5.25. The number of nitrogens with zero attached hydrogens (tertiary/aromatic N) is 1. The highest BCUT2D eigenvalue weighted by molar-refractivity contribution is 9.10. The first-order valence-corrected chi connectivity index (χ1v) is 11.3. The summed E-state index contributed by atoms with van der Waals surface area (Å²) < 4.78 is 28.4. The Morgan fingerprint density at radius 3 is 2.21 bits per heavy atom. The first kappa shape index (κ1) is 21.1. The van der Waals surface area contributed by atoms with Crippen molar-refractivity contribution in [1.29, 1.82) is 0 Å². The van der Waals surface area contributed by atoms with E-state index in [1.807, 2.05) is 31.2 Å². The molecule has 0 saturated carbocycles. The fourth-order valence-electron chi connectivity index (χ4n) is 2.83. The molecule has 0 unspecified atom stereocenters. The van der Waals surface area contributed by atoms with Crippen LogP contribution >= 0.6 is 15.9 Å². The van der Waals surface area contributed by atoms with Crippen molar-refractivity contribution in [2.45, 2.75) is 18.4 Å². The van der Waals surface area contributed by atoms with Gasteiger partial charge < -0.3 is 5.32 Å². The van der Waals surface area contributed by atoms with Gasteiger partial charge >= 0.3 is 0 Å². The summed E-state index contributed by atoms with van der Waals surface area (Å²) in [7, 11) is -3.90. The Morgan fingerprint density at radius 2 is 1.55 bits per heavy atom. The van der Waals surface area contributed by atoms with Gasteiger partial charge in [0, 0.05) is 11.0 Å². The molecular weight excluding hydrogens is 452 g/mol. The van der Waals surface area contributed by atoms with Gasteiger partial charge in [-0.2, -0.15) is 0 Å². The molecule has 0 aliphatic rings. The first-order valence-electron chi connectivity index (χ1n) is 9.02. The van der Waals surface area contributed by atoms with E-state index in [1.54, 1.807) is 42.5 Å².